The predicted molar refractivity (Wildman–Crippen MR) is 69.3 cm³/mol. The van der Waals surface area contributed by atoms with E-state index in [1.54, 1.807) is 12.4 Å². The van der Waals surface area contributed by atoms with Crippen molar-refractivity contribution in [2.75, 3.05) is 6.61 Å². The average Bonchev–Trinajstić information content (AvgIpc) is 2.90. The van der Waals surface area contributed by atoms with Gasteiger partial charge in [0, 0.05) is 12.4 Å². The number of aromatic amines is 1. The van der Waals surface area contributed by atoms with Crippen LogP contribution in [0.25, 0.3) is 0 Å². The van der Waals surface area contributed by atoms with Gasteiger partial charge in [0.15, 0.2) is 0 Å². The molecular weight excluding hydrogens is 228 g/mol. The molecule has 0 aliphatic carbocycles. The zero-order valence-corrected chi connectivity index (χ0v) is 10.6. The molecule has 2 rings (SSSR count). The van der Waals surface area contributed by atoms with Crippen molar-refractivity contribution in [3.8, 4) is 5.75 Å². The normalized spacial score (nSPS) is 10.5. The van der Waals surface area contributed by atoms with Crippen molar-refractivity contribution in [1.29, 1.82) is 0 Å². The van der Waals surface area contributed by atoms with Crippen LogP contribution in [-0.4, -0.2) is 16.6 Å². The van der Waals surface area contributed by atoms with E-state index in [1.165, 1.54) is 0 Å². The van der Waals surface area contributed by atoms with E-state index >= 15 is 0 Å². The van der Waals surface area contributed by atoms with Gasteiger partial charge in [-0.1, -0.05) is 19.1 Å². The van der Waals surface area contributed by atoms with E-state index in [-0.39, 0.29) is 0 Å². The lowest BCUT2D eigenvalue weighted by molar-refractivity contribution is 0.102. The molecule has 0 spiro atoms. The number of imidazole rings is 1. The number of nitrogens with one attached hydrogen (secondary N) is 1. The second-order valence-corrected chi connectivity index (χ2v) is 4.02. The van der Waals surface area contributed by atoms with Gasteiger partial charge in [0.1, 0.15) is 18.2 Å². The second kappa shape index (κ2) is 6.81. The molecule has 0 atom stereocenters. The molecule has 2 aromatic rings. The smallest absolute Gasteiger partial charge is 0.132 e. The fourth-order valence-electron chi connectivity index (χ4n) is 1.59. The van der Waals surface area contributed by atoms with Crippen LogP contribution in [0.2, 0.25) is 0 Å². The molecule has 0 saturated carbocycles. The summed E-state index contributed by atoms with van der Waals surface area (Å²) in [7, 11) is 0. The fourth-order valence-corrected chi connectivity index (χ4v) is 1.59. The topological polar surface area (TPSA) is 47.1 Å². The van der Waals surface area contributed by atoms with Gasteiger partial charge in [0.2, 0.25) is 0 Å². The number of hydrogen-bond acceptors (Lipinski definition) is 3. The van der Waals surface area contributed by atoms with Crippen molar-refractivity contribution >= 4 is 0 Å². The van der Waals surface area contributed by atoms with Gasteiger partial charge < -0.3 is 14.5 Å². The van der Waals surface area contributed by atoms with Gasteiger partial charge in [-0.3, -0.25) is 0 Å². The summed E-state index contributed by atoms with van der Waals surface area (Å²) in [5, 5.41) is 0. The van der Waals surface area contributed by atoms with Gasteiger partial charge in [0.05, 0.1) is 13.2 Å². The first kappa shape index (κ1) is 12.6. The SMILES string of the molecule is CCCOc1cccc(COCc2ncc[nH]2)c1. The fraction of sp³-hybridized carbons (Fsp3) is 0.357. The van der Waals surface area contributed by atoms with Crippen LogP contribution in [-0.2, 0) is 18.0 Å². The molecule has 0 saturated heterocycles. The lowest BCUT2D eigenvalue weighted by atomic mass is 10.2. The summed E-state index contributed by atoms with van der Waals surface area (Å²) < 4.78 is 11.1. The molecule has 0 unspecified atom stereocenters. The summed E-state index contributed by atoms with van der Waals surface area (Å²) in [6, 6.07) is 7.99. The Labute approximate surface area is 107 Å². The Morgan fingerprint density at radius 1 is 1.28 bits per heavy atom. The van der Waals surface area contributed by atoms with E-state index in [0.717, 1.165) is 30.2 Å². The Balaban J connectivity index is 1.81. The van der Waals surface area contributed by atoms with Gasteiger partial charge in [0.25, 0.3) is 0 Å². The van der Waals surface area contributed by atoms with E-state index in [9.17, 15) is 0 Å². The van der Waals surface area contributed by atoms with Gasteiger partial charge in [-0.25, -0.2) is 4.98 Å². The Kier molecular flexibility index (Phi) is 4.78. The molecular formula is C14H18N2O2. The molecule has 0 radical (unpaired) electrons. The Morgan fingerprint density at radius 2 is 2.22 bits per heavy atom. The summed E-state index contributed by atoms with van der Waals surface area (Å²) in [6.07, 6.45) is 4.52. The third-order valence-corrected chi connectivity index (χ3v) is 2.43. The van der Waals surface area contributed by atoms with Crippen molar-refractivity contribution in [1.82, 2.24) is 9.97 Å². The first-order chi connectivity index (χ1) is 8.88. The van der Waals surface area contributed by atoms with Crippen LogP contribution >= 0.6 is 0 Å². The van der Waals surface area contributed by atoms with Gasteiger partial charge in [-0.05, 0) is 24.1 Å². The first-order valence-corrected chi connectivity index (χ1v) is 6.16. The summed E-state index contributed by atoms with van der Waals surface area (Å²) in [6.45, 7) is 3.89. The lowest BCUT2D eigenvalue weighted by Gasteiger charge is -2.07. The second-order valence-electron chi connectivity index (χ2n) is 4.02. The number of aromatic nitrogens is 2. The summed E-state index contributed by atoms with van der Waals surface area (Å²) in [5.41, 5.74) is 1.11. The van der Waals surface area contributed by atoms with Crippen molar-refractivity contribution in [3.05, 3.63) is 48.0 Å². The van der Waals surface area contributed by atoms with E-state index in [4.69, 9.17) is 9.47 Å². The minimum atomic E-state index is 0.493. The third kappa shape index (κ3) is 3.89. The monoisotopic (exact) mass is 246 g/mol. The lowest BCUT2D eigenvalue weighted by Crippen LogP contribution is -1.98. The molecule has 1 N–H and O–H groups in total. The van der Waals surface area contributed by atoms with E-state index in [0.29, 0.717) is 13.2 Å². The number of rotatable bonds is 7. The van der Waals surface area contributed by atoms with Crippen LogP contribution in [0.1, 0.15) is 24.7 Å². The molecule has 96 valence electrons. The molecule has 0 fully saturated rings. The van der Waals surface area contributed by atoms with Crippen molar-refractivity contribution in [2.24, 2.45) is 0 Å². The van der Waals surface area contributed by atoms with Crippen LogP contribution in [0.15, 0.2) is 36.7 Å². The van der Waals surface area contributed by atoms with Crippen LogP contribution < -0.4 is 4.74 Å². The molecule has 0 aliphatic heterocycles. The molecule has 18 heavy (non-hydrogen) atoms. The quantitative estimate of drug-likeness (QED) is 0.817. The van der Waals surface area contributed by atoms with Crippen LogP contribution in [0, 0.1) is 0 Å². The zero-order chi connectivity index (χ0) is 12.6. The number of H-pyrrole nitrogens is 1. The number of ether oxygens (including phenoxy) is 2. The highest BCUT2D eigenvalue weighted by Gasteiger charge is 1.99. The predicted octanol–water partition coefficient (Wildman–Crippen LogP) is 2.92. The summed E-state index contributed by atoms with van der Waals surface area (Å²) in [4.78, 5) is 7.10. The number of benzene rings is 1. The Bertz CT molecular complexity index is 455. The van der Waals surface area contributed by atoms with Gasteiger partial charge in [-0.15, -0.1) is 0 Å². The van der Waals surface area contributed by atoms with E-state index in [1.807, 2.05) is 24.3 Å². The molecule has 4 nitrogen and oxygen atoms in total. The maximum absolute atomic E-state index is 5.57. The highest BCUT2D eigenvalue weighted by Crippen LogP contribution is 2.14. The first-order valence-electron chi connectivity index (χ1n) is 6.16. The molecule has 0 bridgehead atoms. The van der Waals surface area contributed by atoms with Crippen LogP contribution in [0.4, 0.5) is 0 Å². The molecule has 1 aromatic heterocycles. The van der Waals surface area contributed by atoms with Gasteiger partial charge in [-0.2, -0.15) is 0 Å². The molecule has 0 amide bonds. The molecule has 1 aromatic carbocycles. The zero-order valence-electron chi connectivity index (χ0n) is 10.6. The highest BCUT2D eigenvalue weighted by molar-refractivity contribution is 5.28. The van der Waals surface area contributed by atoms with Crippen LogP contribution in [0.5, 0.6) is 5.75 Å². The summed E-state index contributed by atoms with van der Waals surface area (Å²) >= 11 is 0. The summed E-state index contributed by atoms with van der Waals surface area (Å²) in [5.74, 6) is 1.74. The maximum atomic E-state index is 5.57. The molecule has 0 aliphatic rings. The molecule has 1 heterocycles. The van der Waals surface area contributed by atoms with E-state index < -0.39 is 0 Å². The number of nitrogens with zero attached hydrogens (tertiary/aromatic N) is 1. The van der Waals surface area contributed by atoms with Gasteiger partial charge >= 0.3 is 0 Å². The minimum absolute atomic E-state index is 0.493. The standard InChI is InChI=1S/C14H18N2O2/c1-2-8-18-13-5-3-4-12(9-13)10-17-11-14-15-6-7-16-14/h3-7,9H,2,8,10-11H2,1H3,(H,15,16). The third-order valence-electron chi connectivity index (χ3n) is 2.43. The maximum Gasteiger partial charge on any atom is 0.132 e. The minimum Gasteiger partial charge on any atom is -0.494 e. The van der Waals surface area contributed by atoms with Crippen molar-refractivity contribution in [2.45, 2.75) is 26.6 Å². The largest absolute Gasteiger partial charge is 0.494 e. The highest BCUT2D eigenvalue weighted by atomic mass is 16.5. The van der Waals surface area contributed by atoms with Crippen LogP contribution in [0.3, 0.4) is 0 Å². The van der Waals surface area contributed by atoms with E-state index in [2.05, 4.69) is 16.9 Å². The van der Waals surface area contributed by atoms with Crippen molar-refractivity contribution < 1.29 is 9.47 Å². The Morgan fingerprint density at radius 3 is 3.00 bits per heavy atom. The average molecular weight is 246 g/mol. The Hall–Kier alpha value is -1.81. The number of hydrogen-bond donors (Lipinski definition) is 1. The van der Waals surface area contributed by atoms with Crippen molar-refractivity contribution in [3.63, 3.8) is 0 Å². The molecule has 4 heteroatoms.